The molecule has 1 fully saturated rings. The largest absolute Gasteiger partial charge is 0.341 e. The van der Waals surface area contributed by atoms with Gasteiger partial charge in [0, 0.05) is 13.1 Å². The van der Waals surface area contributed by atoms with Gasteiger partial charge in [-0.2, -0.15) is 0 Å². The standard InChI is InChI=1S/C12H25N3O/c1-4-13-11-7-10-15(12(11)16)9-6-5-8-14(2)3/h11,13H,4-10H2,1-3H3. The van der Waals surface area contributed by atoms with Gasteiger partial charge in [0.25, 0.3) is 0 Å². The lowest BCUT2D eigenvalue weighted by atomic mass is 10.2. The zero-order chi connectivity index (χ0) is 12.0. The molecule has 1 saturated heterocycles. The van der Waals surface area contributed by atoms with Gasteiger partial charge in [0.15, 0.2) is 0 Å². The first kappa shape index (κ1) is 13.5. The van der Waals surface area contributed by atoms with Crippen molar-refractivity contribution >= 4 is 5.91 Å². The van der Waals surface area contributed by atoms with Crippen LogP contribution in [0.25, 0.3) is 0 Å². The van der Waals surface area contributed by atoms with E-state index < -0.39 is 0 Å². The highest BCUT2D eigenvalue weighted by Crippen LogP contribution is 2.11. The Kier molecular flexibility index (Phi) is 5.77. The Morgan fingerprint density at radius 2 is 2.19 bits per heavy atom. The van der Waals surface area contributed by atoms with E-state index in [4.69, 9.17) is 0 Å². The SMILES string of the molecule is CCNC1CCN(CCCCN(C)C)C1=O. The summed E-state index contributed by atoms with van der Waals surface area (Å²) in [6.07, 6.45) is 3.26. The van der Waals surface area contributed by atoms with Crippen molar-refractivity contribution in [2.24, 2.45) is 0 Å². The molecule has 0 aromatic carbocycles. The summed E-state index contributed by atoms with van der Waals surface area (Å²) in [5.74, 6) is 0.298. The number of hydrogen-bond acceptors (Lipinski definition) is 3. The lowest BCUT2D eigenvalue weighted by Crippen LogP contribution is -2.38. The molecule has 1 rings (SSSR count). The van der Waals surface area contributed by atoms with Crippen LogP contribution in [0.5, 0.6) is 0 Å². The number of nitrogens with zero attached hydrogens (tertiary/aromatic N) is 2. The van der Waals surface area contributed by atoms with E-state index in [0.29, 0.717) is 5.91 Å². The van der Waals surface area contributed by atoms with Crippen molar-refractivity contribution in [3.63, 3.8) is 0 Å². The van der Waals surface area contributed by atoms with Gasteiger partial charge in [0.1, 0.15) is 0 Å². The molecule has 1 amide bonds. The molecular formula is C12H25N3O. The Hall–Kier alpha value is -0.610. The van der Waals surface area contributed by atoms with E-state index in [2.05, 4.69) is 24.3 Å². The third-order valence-corrected chi connectivity index (χ3v) is 3.03. The minimum atomic E-state index is 0.0823. The number of rotatable bonds is 7. The second-order valence-electron chi connectivity index (χ2n) is 4.73. The third-order valence-electron chi connectivity index (χ3n) is 3.03. The monoisotopic (exact) mass is 227 g/mol. The molecule has 1 unspecified atom stereocenters. The summed E-state index contributed by atoms with van der Waals surface area (Å²) in [6.45, 7) is 5.89. The number of likely N-dealkylation sites (tertiary alicyclic amines) is 1. The molecule has 0 spiro atoms. The van der Waals surface area contributed by atoms with Gasteiger partial charge in [-0.15, -0.1) is 0 Å². The van der Waals surface area contributed by atoms with Crippen LogP contribution < -0.4 is 5.32 Å². The molecule has 0 aromatic rings. The highest BCUT2D eigenvalue weighted by Gasteiger charge is 2.29. The predicted octanol–water partition coefficient (Wildman–Crippen LogP) is 0.539. The van der Waals surface area contributed by atoms with Crippen LogP contribution in [0.1, 0.15) is 26.2 Å². The molecule has 4 nitrogen and oxygen atoms in total. The van der Waals surface area contributed by atoms with E-state index in [1.54, 1.807) is 0 Å². The summed E-state index contributed by atoms with van der Waals surface area (Å²) in [7, 11) is 4.17. The fourth-order valence-electron chi connectivity index (χ4n) is 2.13. The molecule has 1 aliphatic rings. The second-order valence-corrected chi connectivity index (χ2v) is 4.73. The molecule has 0 saturated carbocycles. The quantitative estimate of drug-likeness (QED) is 0.645. The number of carbonyl (C=O) groups is 1. The molecule has 0 aromatic heterocycles. The average molecular weight is 227 g/mol. The van der Waals surface area contributed by atoms with Gasteiger partial charge in [-0.1, -0.05) is 6.92 Å². The summed E-state index contributed by atoms with van der Waals surface area (Å²) in [4.78, 5) is 16.1. The molecule has 1 heterocycles. The first-order valence-corrected chi connectivity index (χ1v) is 6.32. The van der Waals surface area contributed by atoms with Crippen LogP contribution >= 0.6 is 0 Å². The Morgan fingerprint density at radius 1 is 1.44 bits per heavy atom. The zero-order valence-electron chi connectivity index (χ0n) is 10.8. The number of hydrogen-bond donors (Lipinski definition) is 1. The second kappa shape index (κ2) is 6.86. The van der Waals surface area contributed by atoms with Crippen molar-refractivity contribution in [2.75, 3.05) is 40.3 Å². The highest BCUT2D eigenvalue weighted by atomic mass is 16.2. The summed E-state index contributed by atoms with van der Waals surface area (Å²) in [5, 5.41) is 3.23. The summed E-state index contributed by atoms with van der Waals surface area (Å²) in [6, 6.07) is 0.0823. The van der Waals surface area contributed by atoms with Crippen LogP contribution in [0.4, 0.5) is 0 Å². The topological polar surface area (TPSA) is 35.6 Å². The van der Waals surface area contributed by atoms with Crippen LogP contribution in [0.2, 0.25) is 0 Å². The summed E-state index contributed by atoms with van der Waals surface area (Å²) < 4.78 is 0. The van der Waals surface area contributed by atoms with Crippen LogP contribution in [0.15, 0.2) is 0 Å². The molecule has 0 bridgehead atoms. The van der Waals surface area contributed by atoms with Crippen LogP contribution in [0.3, 0.4) is 0 Å². The lowest BCUT2D eigenvalue weighted by molar-refractivity contribution is -0.129. The minimum Gasteiger partial charge on any atom is -0.341 e. The van der Waals surface area contributed by atoms with Gasteiger partial charge in [-0.3, -0.25) is 4.79 Å². The number of amides is 1. The van der Waals surface area contributed by atoms with Gasteiger partial charge in [0.05, 0.1) is 6.04 Å². The smallest absolute Gasteiger partial charge is 0.239 e. The molecule has 1 aliphatic heterocycles. The Balaban J connectivity index is 2.16. The zero-order valence-corrected chi connectivity index (χ0v) is 10.8. The predicted molar refractivity (Wildman–Crippen MR) is 66.4 cm³/mol. The van der Waals surface area contributed by atoms with E-state index in [9.17, 15) is 4.79 Å². The van der Waals surface area contributed by atoms with Crippen LogP contribution in [0, 0.1) is 0 Å². The lowest BCUT2D eigenvalue weighted by Gasteiger charge is -2.17. The maximum Gasteiger partial charge on any atom is 0.239 e. The summed E-state index contributed by atoms with van der Waals surface area (Å²) in [5.41, 5.74) is 0. The van der Waals surface area contributed by atoms with Crippen molar-refractivity contribution < 1.29 is 4.79 Å². The first-order chi connectivity index (χ1) is 7.65. The summed E-state index contributed by atoms with van der Waals surface area (Å²) >= 11 is 0. The van der Waals surface area contributed by atoms with Crippen molar-refractivity contribution in [1.82, 2.24) is 15.1 Å². The van der Waals surface area contributed by atoms with E-state index in [0.717, 1.165) is 39.0 Å². The Morgan fingerprint density at radius 3 is 2.81 bits per heavy atom. The number of likely N-dealkylation sites (N-methyl/N-ethyl adjacent to an activating group) is 1. The maximum absolute atomic E-state index is 11.9. The van der Waals surface area contributed by atoms with E-state index in [1.165, 1.54) is 6.42 Å². The van der Waals surface area contributed by atoms with Gasteiger partial charge in [0.2, 0.25) is 5.91 Å². The van der Waals surface area contributed by atoms with Crippen molar-refractivity contribution in [1.29, 1.82) is 0 Å². The number of nitrogens with one attached hydrogen (secondary N) is 1. The van der Waals surface area contributed by atoms with Crippen molar-refractivity contribution in [3.8, 4) is 0 Å². The molecule has 94 valence electrons. The first-order valence-electron chi connectivity index (χ1n) is 6.32. The van der Waals surface area contributed by atoms with E-state index in [-0.39, 0.29) is 6.04 Å². The molecule has 4 heteroatoms. The van der Waals surface area contributed by atoms with Gasteiger partial charge in [-0.05, 0) is 46.4 Å². The third kappa shape index (κ3) is 4.10. The highest BCUT2D eigenvalue weighted by molar-refractivity contribution is 5.83. The van der Waals surface area contributed by atoms with Crippen molar-refractivity contribution in [3.05, 3.63) is 0 Å². The molecule has 0 radical (unpaired) electrons. The van der Waals surface area contributed by atoms with Crippen LogP contribution in [-0.4, -0.2) is 62.0 Å². The molecule has 1 atom stereocenters. The van der Waals surface area contributed by atoms with E-state index in [1.807, 2.05) is 11.8 Å². The Bertz CT molecular complexity index is 218. The molecular weight excluding hydrogens is 202 g/mol. The molecule has 0 aliphatic carbocycles. The van der Waals surface area contributed by atoms with Gasteiger partial charge >= 0.3 is 0 Å². The van der Waals surface area contributed by atoms with Gasteiger partial charge < -0.3 is 15.1 Å². The van der Waals surface area contributed by atoms with Gasteiger partial charge in [-0.25, -0.2) is 0 Å². The Labute approximate surface area is 99.0 Å². The van der Waals surface area contributed by atoms with E-state index >= 15 is 0 Å². The van der Waals surface area contributed by atoms with Crippen molar-refractivity contribution in [2.45, 2.75) is 32.2 Å². The normalized spacial score (nSPS) is 21.1. The molecule has 1 N–H and O–H groups in total. The average Bonchev–Trinajstić information content (AvgIpc) is 2.57. The number of carbonyl (C=O) groups excluding carboxylic acids is 1. The van der Waals surface area contributed by atoms with Crippen LogP contribution in [-0.2, 0) is 4.79 Å². The fourth-order valence-corrected chi connectivity index (χ4v) is 2.13. The number of unbranched alkanes of at least 4 members (excludes halogenated alkanes) is 1. The fraction of sp³-hybridized carbons (Fsp3) is 0.917. The minimum absolute atomic E-state index is 0.0823. The maximum atomic E-state index is 11.9. The molecule has 16 heavy (non-hydrogen) atoms.